The Balaban J connectivity index is 2.57. The van der Waals surface area contributed by atoms with Crippen LogP contribution in [0.25, 0.3) is 0 Å². The molecule has 0 saturated heterocycles. The molecule has 0 amide bonds. The molecule has 96 valence electrons. The van der Waals surface area contributed by atoms with E-state index in [0.717, 1.165) is 0 Å². The molecule has 1 aromatic rings. The van der Waals surface area contributed by atoms with E-state index in [1.807, 2.05) is 6.07 Å². The van der Waals surface area contributed by atoms with Crippen molar-refractivity contribution in [3.63, 3.8) is 0 Å². The van der Waals surface area contributed by atoms with Gasteiger partial charge in [-0.05, 0) is 17.7 Å². The Bertz CT molecular complexity index is 483. The first-order valence-corrected chi connectivity index (χ1v) is 5.89. The normalized spacial score (nSPS) is 9.89. The fraction of sp³-hybridized carbons (Fsp3) is 0.333. The predicted octanol–water partition coefficient (Wildman–Crippen LogP) is 2.94. The van der Waals surface area contributed by atoms with Gasteiger partial charge in [-0.3, -0.25) is 4.79 Å². The van der Waals surface area contributed by atoms with Crippen LogP contribution in [0.5, 0.6) is 0 Å². The molecule has 1 rings (SSSR count). The lowest BCUT2D eigenvalue weighted by Crippen LogP contribution is -2.08. The molecule has 0 aromatic heterocycles. The first-order chi connectivity index (χ1) is 8.54. The van der Waals surface area contributed by atoms with Crippen LogP contribution >= 0.6 is 23.2 Å². The van der Waals surface area contributed by atoms with Crippen molar-refractivity contribution in [3.8, 4) is 6.07 Å². The molecule has 4 nitrogen and oxygen atoms in total. The lowest BCUT2D eigenvalue weighted by molar-refractivity contribution is -0.142. The summed E-state index contributed by atoms with van der Waals surface area (Å²) in [5.74, 6) is -0.359. The Morgan fingerprint density at radius 3 is 2.72 bits per heavy atom. The van der Waals surface area contributed by atoms with E-state index in [0.29, 0.717) is 21.2 Å². The summed E-state index contributed by atoms with van der Waals surface area (Å²) in [6, 6.07) is 5.12. The van der Waals surface area contributed by atoms with Crippen molar-refractivity contribution in [2.24, 2.45) is 0 Å². The van der Waals surface area contributed by atoms with Crippen molar-refractivity contribution >= 4 is 29.2 Å². The second-order valence-electron chi connectivity index (χ2n) is 3.43. The molecule has 0 fully saturated rings. The van der Waals surface area contributed by atoms with Crippen LogP contribution in [0.15, 0.2) is 12.1 Å². The number of carbonyl (C=O) groups is 1. The average molecular weight is 288 g/mol. The Labute approximate surface area is 115 Å². The summed E-state index contributed by atoms with van der Waals surface area (Å²) < 4.78 is 9.98. The number of halogens is 2. The number of benzene rings is 1. The highest BCUT2D eigenvalue weighted by molar-refractivity contribution is 6.35. The van der Waals surface area contributed by atoms with E-state index in [1.54, 1.807) is 6.07 Å². The largest absolute Gasteiger partial charge is 0.463 e. The molecular weight excluding hydrogens is 277 g/mol. The topological polar surface area (TPSA) is 59.3 Å². The van der Waals surface area contributed by atoms with Crippen molar-refractivity contribution in [1.29, 1.82) is 5.26 Å². The second-order valence-corrected chi connectivity index (χ2v) is 4.27. The molecule has 0 atom stereocenters. The van der Waals surface area contributed by atoms with Crippen LogP contribution in [0.2, 0.25) is 10.0 Å². The number of hydrogen-bond acceptors (Lipinski definition) is 4. The van der Waals surface area contributed by atoms with Crippen LogP contribution in [0.1, 0.15) is 18.1 Å². The minimum atomic E-state index is -0.359. The summed E-state index contributed by atoms with van der Waals surface area (Å²) in [4.78, 5) is 10.5. The third-order valence-electron chi connectivity index (χ3n) is 2.04. The van der Waals surface area contributed by atoms with Gasteiger partial charge in [-0.2, -0.15) is 5.26 Å². The van der Waals surface area contributed by atoms with Crippen molar-refractivity contribution < 1.29 is 14.3 Å². The third-order valence-corrected chi connectivity index (χ3v) is 2.56. The van der Waals surface area contributed by atoms with Crippen molar-refractivity contribution in [3.05, 3.63) is 33.3 Å². The summed E-state index contributed by atoms with van der Waals surface area (Å²) in [6.07, 6.45) is 0. The van der Waals surface area contributed by atoms with Gasteiger partial charge in [0.15, 0.2) is 0 Å². The van der Waals surface area contributed by atoms with Crippen LogP contribution < -0.4 is 0 Å². The highest BCUT2D eigenvalue weighted by Gasteiger charge is 2.09. The number of hydrogen-bond donors (Lipinski definition) is 0. The highest BCUT2D eigenvalue weighted by atomic mass is 35.5. The molecule has 0 saturated carbocycles. The molecule has 0 unspecified atom stereocenters. The summed E-state index contributed by atoms with van der Waals surface area (Å²) in [5, 5.41) is 9.70. The number of nitriles is 1. The van der Waals surface area contributed by atoms with Crippen LogP contribution in [0.4, 0.5) is 0 Å². The summed E-state index contributed by atoms with van der Waals surface area (Å²) in [5.41, 5.74) is 0.950. The number of esters is 1. The number of carbonyl (C=O) groups excluding carboxylic acids is 1. The SMILES string of the molecule is CC(=O)OCCOCc1cc(Cl)cc(Cl)c1C#N. The van der Waals surface area contributed by atoms with Gasteiger partial charge in [-0.25, -0.2) is 0 Å². The fourth-order valence-electron chi connectivity index (χ4n) is 1.29. The van der Waals surface area contributed by atoms with E-state index in [-0.39, 0.29) is 25.8 Å². The quantitative estimate of drug-likeness (QED) is 0.617. The van der Waals surface area contributed by atoms with Gasteiger partial charge in [0.2, 0.25) is 0 Å². The van der Waals surface area contributed by atoms with Gasteiger partial charge in [0.05, 0.1) is 23.8 Å². The van der Waals surface area contributed by atoms with E-state index >= 15 is 0 Å². The Morgan fingerprint density at radius 1 is 1.39 bits per heavy atom. The molecule has 0 heterocycles. The maximum absolute atomic E-state index is 10.5. The lowest BCUT2D eigenvalue weighted by atomic mass is 10.1. The Kier molecular flexibility index (Phi) is 5.93. The number of nitrogens with zero attached hydrogens (tertiary/aromatic N) is 1. The maximum atomic E-state index is 10.5. The lowest BCUT2D eigenvalue weighted by Gasteiger charge is -2.08. The zero-order chi connectivity index (χ0) is 13.5. The van der Waals surface area contributed by atoms with Gasteiger partial charge in [-0.15, -0.1) is 0 Å². The average Bonchev–Trinajstić information content (AvgIpc) is 2.27. The van der Waals surface area contributed by atoms with E-state index in [2.05, 4.69) is 0 Å². The second kappa shape index (κ2) is 7.22. The van der Waals surface area contributed by atoms with Crippen LogP contribution in [0.3, 0.4) is 0 Å². The van der Waals surface area contributed by atoms with Crippen LogP contribution in [0, 0.1) is 11.3 Å². The Hall–Kier alpha value is -1.28. The predicted molar refractivity (Wildman–Crippen MR) is 67.5 cm³/mol. The summed E-state index contributed by atoms with van der Waals surface area (Å²) >= 11 is 11.7. The van der Waals surface area contributed by atoms with Crippen LogP contribution in [-0.2, 0) is 20.9 Å². The van der Waals surface area contributed by atoms with Gasteiger partial charge in [0, 0.05) is 11.9 Å². The molecule has 0 N–H and O–H groups in total. The van der Waals surface area contributed by atoms with E-state index in [1.165, 1.54) is 13.0 Å². The molecule has 6 heteroatoms. The van der Waals surface area contributed by atoms with E-state index < -0.39 is 0 Å². The van der Waals surface area contributed by atoms with Crippen LogP contribution in [-0.4, -0.2) is 19.2 Å². The molecule has 0 spiro atoms. The van der Waals surface area contributed by atoms with Gasteiger partial charge in [0.1, 0.15) is 12.7 Å². The molecule has 0 aliphatic rings. The van der Waals surface area contributed by atoms with E-state index in [9.17, 15) is 4.79 Å². The summed E-state index contributed by atoms with van der Waals surface area (Å²) in [6.45, 7) is 1.93. The fourth-order valence-corrected chi connectivity index (χ4v) is 1.87. The van der Waals surface area contributed by atoms with Gasteiger partial charge >= 0.3 is 5.97 Å². The zero-order valence-corrected chi connectivity index (χ0v) is 11.2. The monoisotopic (exact) mass is 287 g/mol. The molecule has 0 aliphatic carbocycles. The molecule has 0 bridgehead atoms. The first kappa shape index (κ1) is 14.8. The molecule has 0 aliphatic heterocycles. The minimum absolute atomic E-state index is 0.172. The minimum Gasteiger partial charge on any atom is -0.463 e. The first-order valence-electron chi connectivity index (χ1n) is 5.13. The summed E-state index contributed by atoms with van der Waals surface area (Å²) in [7, 11) is 0. The molecular formula is C12H11Cl2NO3. The smallest absolute Gasteiger partial charge is 0.302 e. The van der Waals surface area contributed by atoms with Gasteiger partial charge in [-0.1, -0.05) is 23.2 Å². The van der Waals surface area contributed by atoms with Gasteiger partial charge in [0.25, 0.3) is 0 Å². The maximum Gasteiger partial charge on any atom is 0.302 e. The number of ether oxygens (including phenoxy) is 2. The van der Waals surface area contributed by atoms with Crippen molar-refractivity contribution in [1.82, 2.24) is 0 Å². The van der Waals surface area contributed by atoms with Crippen molar-refractivity contribution in [2.45, 2.75) is 13.5 Å². The Morgan fingerprint density at radius 2 is 2.11 bits per heavy atom. The van der Waals surface area contributed by atoms with Gasteiger partial charge < -0.3 is 9.47 Å². The zero-order valence-electron chi connectivity index (χ0n) is 9.70. The highest BCUT2D eigenvalue weighted by Crippen LogP contribution is 2.25. The van der Waals surface area contributed by atoms with Crippen molar-refractivity contribution in [2.75, 3.05) is 13.2 Å². The molecule has 0 radical (unpaired) electrons. The standard InChI is InChI=1S/C12H11Cl2NO3/c1-8(16)18-3-2-17-7-9-4-10(13)5-12(14)11(9)6-15/h4-5H,2-3,7H2,1H3. The molecule has 18 heavy (non-hydrogen) atoms. The number of rotatable bonds is 5. The third kappa shape index (κ3) is 4.53. The van der Waals surface area contributed by atoms with E-state index in [4.69, 9.17) is 37.9 Å². The molecule has 1 aromatic carbocycles.